The van der Waals surface area contributed by atoms with Crippen molar-refractivity contribution in [1.29, 1.82) is 0 Å². The molecule has 0 saturated carbocycles. The number of hydrogen-bond acceptors (Lipinski definition) is 3. The number of aliphatic hydroxyl groups is 1. The molecule has 2 N–H and O–H groups in total. The highest BCUT2D eigenvalue weighted by Gasteiger charge is 2.15. The van der Waals surface area contributed by atoms with E-state index in [-0.39, 0.29) is 0 Å². The van der Waals surface area contributed by atoms with Crippen LogP contribution in [-0.2, 0) is 0 Å². The molecule has 0 bridgehead atoms. The maximum atomic E-state index is 9.40. The molecule has 102 valence electrons. The molecule has 0 radical (unpaired) electrons. The Kier molecular flexibility index (Phi) is 6.16. The first kappa shape index (κ1) is 15.0. The SMILES string of the molecule is CC(C)=CCC/C(C)=C/CCC1=CC(O)NN1C. The van der Waals surface area contributed by atoms with E-state index in [2.05, 4.69) is 38.3 Å². The topological polar surface area (TPSA) is 35.5 Å². The molecule has 1 aliphatic heterocycles. The number of allylic oxidation sites excluding steroid dienone is 5. The van der Waals surface area contributed by atoms with Gasteiger partial charge in [-0.2, -0.15) is 0 Å². The lowest BCUT2D eigenvalue weighted by atomic mass is 10.1. The summed E-state index contributed by atoms with van der Waals surface area (Å²) >= 11 is 0. The number of rotatable bonds is 6. The molecule has 0 aliphatic carbocycles. The fraction of sp³-hybridized carbons (Fsp3) is 0.600. The molecule has 0 aromatic rings. The fourth-order valence-electron chi connectivity index (χ4n) is 2.02. The van der Waals surface area contributed by atoms with E-state index in [1.165, 1.54) is 11.1 Å². The van der Waals surface area contributed by atoms with Crippen LogP contribution < -0.4 is 5.43 Å². The van der Waals surface area contributed by atoms with Gasteiger partial charge in [0.25, 0.3) is 0 Å². The third-order valence-electron chi connectivity index (χ3n) is 3.09. The van der Waals surface area contributed by atoms with Crippen molar-refractivity contribution in [3.05, 3.63) is 35.1 Å². The largest absolute Gasteiger partial charge is 0.373 e. The van der Waals surface area contributed by atoms with Crippen LogP contribution >= 0.6 is 0 Å². The first-order valence-electron chi connectivity index (χ1n) is 6.66. The number of hydrazine groups is 1. The normalized spacial score (nSPS) is 20.1. The van der Waals surface area contributed by atoms with Crippen LogP contribution in [-0.4, -0.2) is 23.4 Å². The van der Waals surface area contributed by atoms with Crippen LogP contribution in [0, 0.1) is 0 Å². The molecule has 0 aromatic heterocycles. The molecule has 1 aliphatic rings. The van der Waals surface area contributed by atoms with Crippen molar-refractivity contribution in [3.63, 3.8) is 0 Å². The molecule has 0 aromatic carbocycles. The average Bonchev–Trinajstić information content (AvgIpc) is 2.57. The van der Waals surface area contributed by atoms with Gasteiger partial charge in [0.15, 0.2) is 0 Å². The standard InChI is InChI=1S/C15H26N2O/c1-12(2)7-5-8-13(3)9-6-10-14-11-15(18)16-17(14)4/h7,9,11,15-16,18H,5-6,8,10H2,1-4H3/b13-9+. The fourth-order valence-corrected chi connectivity index (χ4v) is 2.02. The Labute approximate surface area is 111 Å². The van der Waals surface area contributed by atoms with Crippen LogP contribution in [0.1, 0.15) is 46.5 Å². The quantitative estimate of drug-likeness (QED) is 0.711. The Hall–Kier alpha value is -1.06. The average molecular weight is 250 g/mol. The van der Waals surface area contributed by atoms with E-state index in [1.54, 1.807) is 0 Å². The third-order valence-corrected chi connectivity index (χ3v) is 3.09. The number of hydrogen-bond donors (Lipinski definition) is 2. The molecule has 1 atom stereocenters. The minimum atomic E-state index is -0.521. The molecule has 0 amide bonds. The number of nitrogens with zero attached hydrogens (tertiary/aromatic N) is 1. The molecule has 1 rings (SSSR count). The maximum Gasteiger partial charge on any atom is 0.142 e. The lowest BCUT2D eigenvalue weighted by molar-refractivity contribution is 0.130. The molecule has 3 nitrogen and oxygen atoms in total. The molecule has 1 unspecified atom stereocenters. The van der Waals surface area contributed by atoms with Crippen molar-refractivity contribution < 1.29 is 5.11 Å². The second-order valence-electron chi connectivity index (χ2n) is 5.20. The zero-order valence-corrected chi connectivity index (χ0v) is 12.0. The van der Waals surface area contributed by atoms with Crippen LogP contribution in [0.15, 0.2) is 35.1 Å². The first-order valence-corrected chi connectivity index (χ1v) is 6.66. The van der Waals surface area contributed by atoms with Crippen molar-refractivity contribution in [2.24, 2.45) is 0 Å². The lowest BCUT2D eigenvalue weighted by Crippen LogP contribution is -2.33. The van der Waals surface area contributed by atoms with Gasteiger partial charge in [0, 0.05) is 12.7 Å². The van der Waals surface area contributed by atoms with Gasteiger partial charge in [0.2, 0.25) is 0 Å². The van der Waals surface area contributed by atoms with Crippen molar-refractivity contribution >= 4 is 0 Å². The van der Waals surface area contributed by atoms with Gasteiger partial charge < -0.3 is 10.1 Å². The van der Waals surface area contributed by atoms with E-state index in [0.717, 1.165) is 31.4 Å². The Morgan fingerprint density at radius 1 is 1.33 bits per heavy atom. The molecule has 0 fully saturated rings. The molecule has 0 saturated heterocycles. The van der Waals surface area contributed by atoms with Gasteiger partial charge in [-0.1, -0.05) is 23.3 Å². The Balaban J connectivity index is 2.27. The summed E-state index contributed by atoms with van der Waals surface area (Å²) in [6, 6.07) is 0. The van der Waals surface area contributed by atoms with Crippen LogP contribution in [0.3, 0.4) is 0 Å². The van der Waals surface area contributed by atoms with Crippen LogP contribution in [0.2, 0.25) is 0 Å². The molecule has 0 spiro atoms. The van der Waals surface area contributed by atoms with E-state index in [1.807, 2.05) is 18.1 Å². The predicted octanol–water partition coefficient (Wildman–Crippen LogP) is 3.11. The molecule has 1 heterocycles. The minimum absolute atomic E-state index is 0.521. The summed E-state index contributed by atoms with van der Waals surface area (Å²) in [5, 5.41) is 11.3. The zero-order chi connectivity index (χ0) is 13.5. The van der Waals surface area contributed by atoms with Gasteiger partial charge in [-0.3, -0.25) is 0 Å². The maximum absolute atomic E-state index is 9.40. The summed E-state index contributed by atoms with van der Waals surface area (Å²) in [4.78, 5) is 0. The third kappa shape index (κ3) is 5.52. The summed E-state index contributed by atoms with van der Waals surface area (Å²) in [6.45, 7) is 6.47. The Bertz CT molecular complexity index is 352. The smallest absolute Gasteiger partial charge is 0.142 e. The highest BCUT2D eigenvalue weighted by Crippen LogP contribution is 2.16. The number of aliphatic hydroxyl groups excluding tert-OH is 1. The lowest BCUT2D eigenvalue weighted by Gasteiger charge is -2.16. The first-order chi connectivity index (χ1) is 8.49. The second-order valence-corrected chi connectivity index (χ2v) is 5.20. The molecule has 18 heavy (non-hydrogen) atoms. The van der Waals surface area contributed by atoms with Gasteiger partial charge in [0.1, 0.15) is 6.23 Å². The second kappa shape index (κ2) is 7.39. The molecular formula is C15H26N2O. The van der Waals surface area contributed by atoms with E-state index in [0.29, 0.717) is 0 Å². The monoisotopic (exact) mass is 250 g/mol. The van der Waals surface area contributed by atoms with Crippen molar-refractivity contribution in [2.45, 2.75) is 52.7 Å². The van der Waals surface area contributed by atoms with Gasteiger partial charge in [-0.05, 0) is 52.5 Å². The summed E-state index contributed by atoms with van der Waals surface area (Å²) < 4.78 is 0. The minimum Gasteiger partial charge on any atom is -0.373 e. The van der Waals surface area contributed by atoms with Crippen LogP contribution in [0.25, 0.3) is 0 Å². The highest BCUT2D eigenvalue weighted by molar-refractivity contribution is 5.10. The van der Waals surface area contributed by atoms with Gasteiger partial charge in [-0.15, -0.1) is 0 Å². The predicted molar refractivity (Wildman–Crippen MR) is 76.6 cm³/mol. The van der Waals surface area contributed by atoms with E-state index < -0.39 is 6.23 Å². The van der Waals surface area contributed by atoms with Crippen LogP contribution in [0.4, 0.5) is 0 Å². The van der Waals surface area contributed by atoms with Crippen molar-refractivity contribution in [1.82, 2.24) is 10.4 Å². The zero-order valence-electron chi connectivity index (χ0n) is 12.0. The van der Waals surface area contributed by atoms with Gasteiger partial charge in [-0.25, -0.2) is 5.43 Å². The van der Waals surface area contributed by atoms with Crippen molar-refractivity contribution in [2.75, 3.05) is 7.05 Å². The van der Waals surface area contributed by atoms with E-state index in [9.17, 15) is 5.11 Å². The van der Waals surface area contributed by atoms with Gasteiger partial charge in [0.05, 0.1) is 0 Å². The summed E-state index contributed by atoms with van der Waals surface area (Å²) in [5.74, 6) is 0. The number of nitrogens with one attached hydrogen (secondary N) is 1. The summed E-state index contributed by atoms with van der Waals surface area (Å²) in [7, 11) is 1.94. The molecule has 3 heteroatoms. The summed E-state index contributed by atoms with van der Waals surface area (Å²) in [6.07, 6.45) is 10.2. The van der Waals surface area contributed by atoms with E-state index >= 15 is 0 Å². The van der Waals surface area contributed by atoms with Crippen LogP contribution in [0.5, 0.6) is 0 Å². The van der Waals surface area contributed by atoms with Gasteiger partial charge >= 0.3 is 0 Å². The Morgan fingerprint density at radius 3 is 2.61 bits per heavy atom. The van der Waals surface area contributed by atoms with E-state index in [4.69, 9.17) is 0 Å². The van der Waals surface area contributed by atoms with Crippen molar-refractivity contribution in [3.8, 4) is 0 Å². The molecular weight excluding hydrogens is 224 g/mol. The highest BCUT2D eigenvalue weighted by atomic mass is 16.3. The summed E-state index contributed by atoms with van der Waals surface area (Å²) in [5.41, 5.74) is 6.92. The Morgan fingerprint density at radius 2 is 2.06 bits per heavy atom.